The maximum Gasteiger partial charge on any atom is 0.123 e. The molecule has 0 aliphatic heterocycles. The molecular weight excluding hydrogens is 315 g/mol. The minimum Gasteiger partial charge on any atom is -0.265 e. The summed E-state index contributed by atoms with van der Waals surface area (Å²) in [4.78, 5) is 4.00. The van der Waals surface area contributed by atoms with E-state index in [4.69, 9.17) is 0 Å². The molecule has 2 aromatic heterocycles. The summed E-state index contributed by atoms with van der Waals surface area (Å²) < 4.78 is 15.0. The van der Waals surface area contributed by atoms with E-state index in [1.54, 1.807) is 29.2 Å². The number of hydrogen-bond acceptors (Lipinski definition) is 3. The minimum absolute atomic E-state index is 0.217. The second kappa shape index (κ2) is 6.28. The Labute approximate surface area is 144 Å². The smallest absolute Gasteiger partial charge is 0.123 e. The molecule has 0 saturated carbocycles. The van der Waals surface area contributed by atoms with Crippen molar-refractivity contribution in [3.63, 3.8) is 0 Å². The Morgan fingerprint density at radius 3 is 2.32 bits per heavy atom. The van der Waals surface area contributed by atoms with Gasteiger partial charge in [-0.25, -0.2) is 9.07 Å². The van der Waals surface area contributed by atoms with E-state index in [2.05, 4.69) is 15.3 Å². The van der Waals surface area contributed by atoms with Gasteiger partial charge in [-0.15, -0.1) is 5.10 Å². The molecule has 4 nitrogen and oxygen atoms in total. The molecule has 0 saturated heterocycles. The molecule has 25 heavy (non-hydrogen) atoms. The predicted molar refractivity (Wildman–Crippen MR) is 94.7 cm³/mol. The number of pyridine rings is 1. The summed E-state index contributed by atoms with van der Waals surface area (Å²) in [7, 11) is 0. The number of nitrogens with zero attached hydrogens (tertiary/aromatic N) is 4. The molecule has 2 heterocycles. The molecule has 0 amide bonds. The molecule has 0 unspecified atom stereocenters. The maximum atomic E-state index is 13.3. The van der Waals surface area contributed by atoms with Crippen molar-refractivity contribution >= 4 is 0 Å². The third-order valence-corrected chi connectivity index (χ3v) is 4.10. The number of rotatable bonds is 3. The molecule has 0 aliphatic carbocycles. The molecule has 5 heteroatoms. The first-order chi connectivity index (χ1) is 12.2. The van der Waals surface area contributed by atoms with E-state index in [0.717, 1.165) is 33.6 Å². The summed E-state index contributed by atoms with van der Waals surface area (Å²) in [5.74, 6) is -0.217. The Morgan fingerprint density at radius 1 is 0.880 bits per heavy atom. The van der Waals surface area contributed by atoms with Crippen molar-refractivity contribution in [2.75, 3.05) is 0 Å². The largest absolute Gasteiger partial charge is 0.265 e. The summed E-state index contributed by atoms with van der Waals surface area (Å²) in [6, 6.07) is 16.6. The van der Waals surface area contributed by atoms with Gasteiger partial charge in [-0.05, 0) is 47.9 Å². The second-order valence-electron chi connectivity index (χ2n) is 5.79. The number of aromatic nitrogens is 4. The van der Waals surface area contributed by atoms with E-state index in [9.17, 15) is 4.39 Å². The molecular formula is C20H15FN4. The van der Waals surface area contributed by atoms with E-state index in [-0.39, 0.29) is 5.82 Å². The van der Waals surface area contributed by atoms with Crippen molar-refractivity contribution in [2.45, 2.75) is 6.92 Å². The first-order valence-electron chi connectivity index (χ1n) is 7.90. The number of benzene rings is 2. The monoisotopic (exact) mass is 330 g/mol. The molecule has 4 rings (SSSR count). The zero-order valence-corrected chi connectivity index (χ0v) is 13.6. The van der Waals surface area contributed by atoms with Crippen LogP contribution in [0.25, 0.3) is 28.1 Å². The van der Waals surface area contributed by atoms with Crippen LogP contribution < -0.4 is 0 Å². The highest BCUT2D eigenvalue weighted by molar-refractivity contribution is 5.70. The van der Waals surface area contributed by atoms with Gasteiger partial charge in [0.25, 0.3) is 0 Å². The normalized spacial score (nSPS) is 10.8. The van der Waals surface area contributed by atoms with Gasteiger partial charge in [-0.2, -0.15) is 0 Å². The highest BCUT2D eigenvalue weighted by Gasteiger charge is 2.07. The Kier molecular flexibility index (Phi) is 3.82. The molecule has 0 atom stereocenters. The summed E-state index contributed by atoms with van der Waals surface area (Å²) >= 11 is 0. The van der Waals surface area contributed by atoms with Crippen LogP contribution >= 0.6 is 0 Å². The van der Waals surface area contributed by atoms with E-state index in [0.29, 0.717) is 0 Å². The fraction of sp³-hybridized carbons (Fsp3) is 0.0500. The fourth-order valence-corrected chi connectivity index (χ4v) is 2.79. The van der Waals surface area contributed by atoms with Crippen LogP contribution in [0.15, 0.2) is 73.2 Å². The van der Waals surface area contributed by atoms with Gasteiger partial charge in [0, 0.05) is 18.0 Å². The number of aryl methyl sites for hydroxylation is 1. The minimum atomic E-state index is -0.217. The molecule has 0 N–H and O–H groups in total. The van der Waals surface area contributed by atoms with Gasteiger partial charge < -0.3 is 0 Å². The quantitative estimate of drug-likeness (QED) is 0.557. The van der Waals surface area contributed by atoms with E-state index >= 15 is 0 Å². The average Bonchev–Trinajstić information content (AvgIpc) is 3.13. The topological polar surface area (TPSA) is 43.6 Å². The number of halogens is 1. The van der Waals surface area contributed by atoms with Gasteiger partial charge in [-0.3, -0.25) is 4.98 Å². The fourth-order valence-electron chi connectivity index (χ4n) is 2.79. The molecule has 2 aromatic carbocycles. The third-order valence-electron chi connectivity index (χ3n) is 4.10. The Balaban J connectivity index is 1.64. The number of hydrogen-bond donors (Lipinski definition) is 0. The van der Waals surface area contributed by atoms with Gasteiger partial charge in [0.05, 0.1) is 11.9 Å². The summed E-state index contributed by atoms with van der Waals surface area (Å²) in [5, 5.41) is 8.40. The van der Waals surface area contributed by atoms with Crippen LogP contribution in [0.1, 0.15) is 5.56 Å². The average molecular weight is 330 g/mol. The van der Waals surface area contributed by atoms with E-state index in [1.807, 2.05) is 49.5 Å². The summed E-state index contributed by atoms with van der Waals surface area (Å²) in [6.07, 6.45) is 5.32. The van der Waals surface area contributed by atoms with Gasteiger partial charge in [0.2, 0.25) is 0 Å². The molecule has 0 bridgehead atoms. The second-order valence-corrected chi connectivity index (χ2v) is 5.79. The molecule has 0 radical (unpaired) electrons. The molecule has 122 valence electrons. The zero-order chi connectivity index (χ0) is 17.2. The summed E-state index contributed by atoms with van der Waals surface area (Å²) in [5.41, 5.74) is 5.66. The maximum absolute atomic E-state index is 13.3. The van der Waals surface area contributed by atoms with E-state index in [1.165, 1.54) is 6.07 Å². The van der Waals surface area contributed by atoms with Crippen molar-refractivity contribution in [1.29, 1.82) is 0 Å². The van der Waals surface area contributed by atoms with Crippen LogP contribution in [0.2, 0.25) is 0 Å². The van der Waals surface area contributed by atoms with E-state index < -0.39 is 0 Å². The summed E-state index contributed by atoms with van der Waals surface area (Å²) in [6.45, 7) is 1.91. The van der Waals surface area contributed by atoms with Crippen LogP contribution in [0, 0.1) is 12.7 Å². The van der Waals surface area contributed by atoms with Crippen molar-refractivity contribution in [1.82, 2.24) is 20.0 Å². The zero-order valence-electron chi connectivity index (χ0n) is 13.6. The lowest BCUT2D eigenvalue weighted by atomic mass is 9.99. The molecule has 0 spiro atoms. The predicted octanol–water partition coefficient (Wildman–Crippen LogP) is 4.44. The van der Waals surface area contributed by atoms with Crippen molar-refractivity contribution in [3.8, 4) is 28.1 Å². The highest BCUT2D eigenvalue weighted by Crippen LogP contribution is 2.26. The third kappa shape index (κ3) is 3.04. The van der Waals surface area contributed by atoms with Crippen LogP contribution in [0.5, 0.6) is 0 Å². The first-order valence-corrected chi connectivity index (χ1v) is 7.90. The highest BCUT2D eigenvalue weighted by atomic mass is 19.1. The van der Waals surface area contributed by atoms with Crippen molar-refractivity contribution < 1.29 is 4.39 Å². The van der Waals surface area contributed by atoms with Crippen LogP contribution in [0.4, 0.5) is 4.39 Å². The Morgan fingerprint density at radius 2 is 1.60 bits per heavy atom. The standard InChI is InChI=1S/C20H15FN4/c1-14-12-17(21)6-7-19(14)15-2-4-16(5-3-15)20-13-25(24-23-20)18-8-10-22-11-9-18/h2-13H,1H3. The first kappa shape index (κ1) is 15.2. The Bertz CT molecular complexity index is 1010. The SMILES string of the molecule is Cc1cc(F)ccc1-c1ccc(-c2cn(-c3ccncc3)nn2)cc1. The lowest BCUT2D eigenvalue weighted by Gasteiger charge is -2.06. The molecule has 0 fully saturated rings. The van der Waals surface area contributed by atoms with Gasteiger partial charge in [0.1, 0.15) is 11.5 Å². The van der Waals surface area contributed by atoms with Gasteiger partial charge >= 0.3 is 0 Å². The van der Waals surface area contributed by atoms with Gasteiger partial charge in [-0.1, -0.05) is 35.5 Å². The Hall–Kier alpha value is -3.34. The van der Waals surface area contributed by atoms with Crippen molar-refractivity contribution in [2.24, 2.45) is 0 Å². The van der Waals surface area contributed by atoms with Gasteiger partial charge in [0.15, 0.2) is 0 Å². The molecule has 0 aliphatic rings. The lowest BCUT2D eigenvalue weighted by molar-refractivity contribution is 0.627. The van der Waals surface area contributed by atoms with Crippen LogP contribution in [-0.4, -0.2) is 20.0 Å². The van der Waals surface area contributed by atoms with Crippen LogP contribution in [0.3, 0.4) is 0 Å². The van der Waals surface area contributed by atoms with Crippen LogP contribution in [-0.2, 0) is 0 Å². The van der Waals surface area contributed by atoms with Crippen molar-refractivity contribution in [3.05, 3.63) is 84.6 Å². The lowest BCUT2D eigenvalue weighted by Crippen LogP contribution is -1.94. The molecule has 4 aromatic rings.